The minimum atomic E-state index is -0.820. The first-order valence-corrected chi connectivity index (χ1v) is 6.88. The molecule has 0 aliphatic heterocycles. The quantitative estimate of drug-likeness (QED) is 0.806. The fourth-order valence-electron chi connectivity index (χ4n) is 1.94. The number of carbonyl (C=O) groups is 1. The highest BCUT2D eigenvalue weighted by molar-refractivity contribution is 5.91. The van der Waals surface area contributed by atoms with E-state index >= 15 is 0 Å². The van der Waals surface area contributed by atoms with Crippen LogP contribution in [0.4, 0.5) is 5.69 Å². The van der Waals surface area contributed by atoms with Gasteiger partial charge in [-0.25, -0.2) is 0 Å². The van der Waals surface area contributed by atoms with E-state index in [4.69, 9.17) is 11.2 Å². The number of benzene rings is 2. The van der Waals surface area contributed by atoms with Crippen molar-refractivity contribution in [2.75, 3.05) is 11.9 Å². The molecule has 1 unspecified atom stereocenters. The van der Waals surface area contributed by atoms with E-state index in [-0.39, 0.29) is 18.9 Å². The molecule has 0 fully saturated rings. The van der Waals surface area contributed by atoms with Crippen LogP contribution in [-0.4, -0.2) is 17.6 Å². The van der Waals surface area contributed by atoms with Crippen LogP contribution in [0, 0.1) is 12.3 Å². The molecular weight excluding hydrogens is 278 g/mol. The summed E-state index contributed by atoms with van der Waals surface area (Å²) in [6.07, 6.45) is 4.29. The monoisotopic (exact) mass is 295 g/mol. The lowest BCUT2D eigenvalue weighted by Crippen LogP contribution is -2.15. The Bertz CT molecular complexity index is 644. The van der Waals surface area contributed by atoms with Crippen LogP contribution in [0.2, 0.25) is 0 Å². The SMILES string of the molecule is C#CCOc1ccc(NC(=O)CC(O)c2ccccc2)cc1. The number of anilines is 1. The molecule has 4 nitrogen and oxygen atoms in total. The Morgan fingerprint density at radius 1 is 1.18 bits per heavy atom. The second-order valence-corrected chi connectivity index (χ2v) is 4.70. The molecule has 2 N–H and O–H groups in total. The Morgan fingerprint density at radius 2 is 1.86 bits per heavy atom. The number of aliphatic hydroxyl groups excluding tert-OH is 1. The molecule has 0 aliphatic rings. The van der Waals surface area contributed by atoms with E-state index in [1.807, 2.05) is 18.2 Å². The van der Waals surface area contributed by atoms with Crippen molar-refractivity contribution in [3.8, 4) is 18.1 Å². The lowest BCUT2D eigenvalue weighted by molar-refractivity contribution is -0.118. The van der Waals surface area contributed by atoms with Crippen molar-refractivity contribution in [3.05, 3.63) is 60.2 Å². The maximum absolute atomic E-state index is 11.9. The molecule has 1 amide bonds. The fraction of sp³-hybridized carbons (Fsp3) is 0.167. The smallest absolute Gasteiger partial charge is 0.227 e. The van der Waals surface area contributed by atoms with Crippen LogP contribution in [-0.2, 0) is 4.79 Å². The average molecular weight is 295 g/mol. The molecule has 0 aliphatic carbocycles. The number of amides is 1. The van der Waals surface area contributed by atoms with Crippen molar-refractivity contribution in [1.82, 2.24) is 0 Å². The molecule has 2 aromatic rings. The Morgan fingerprint density at radius 3 is 2.50 bits per heavy atom. The predicted molar refractivity (Wildman–Crippen MR) is 85.4 cm³/mol. The van der Waals surface area contributed by atoms with Gasteiger partial charge in [0, 0.05) is 5.69 Å². The number of hydrogen-bond donors (Lipinski definition) is 2. The number of carbonyl (C=O) groups excluding carboxylic acids is 1. The fourth-order valence-corrected chi connectivity index (χ4v) is 1.94. The molecule has 2 rings (SSSR count). The average Bonchev–Trinajstić information content (AvgIpc) is 2.55. The van der Waals surface area contributed by atoms with E-state index in [2.05, 4.69) is 11.2 Å². The summed E-state index contributed by atoms with van der Waals surface area (Å²) in [5.41, 5.74) is 1.36. The summed E-state index contributed by atoms with van der Waals surface area (Å²) in [5.74, 6) is 2.76. The summed E-state index contributed by atoms with van der Waals surface area (Å²) in [6, 6.07) is 16.0. The second-order valence-electron chi connectivity index (χ2n) is 4.70. The zero-order valence-electron chi connectivity index (χ0n) is 12.0. The first kappa shape index (κ1) is 15.6. The van der Waals surface area contributed by atoms with Crippen molar-refractivity contribution in [3.63, 3.8) is 0 Å². The summed E-state index contributed by atoms with van der Waals surface area (Å²) >= 11 is 0. The van der Waals surface area contributed by atoms with Crippen LogP contribution in [0.25, 0.3) is 0 Å². The first-order chi connectivity index (χ1) is 10.7. The third kappa shape index (κ3) is 4.65. The molecule has 4 heteroatoms. The zero-order valence-corrected chi connectivity index (χ0v) is 12.0. The molecule has 0 saturated heterocycles. The molecule has 1 atom stereocenters. The summed E-state index contributed by atoms with van der Waals surface area (Å²) in [4.78, 5) is 11.9. The van der Waals surface area contributed by atoms with E-state index in [1.165, 1.54) is 0 Å². The van der Waals surface area contributed by atoms with E-state index in [9.17, 15) is 9.90 Å². The van der Waals surface area contributed by atoms with Crippen LogP contribution in [0.3, 0.4) is 0 Å². The van der Waals surface area contributed by atoms with Crippen molar-refractivity contribution in [2.45, 2.75) is 12.5 Å². The molecular formula is C18H17NO3. The lowest BCUT2D eigenvalue weighted by Gasteiger charge is -2.11. The maximum atomic E-state index is 11.9. The van der Waals surface area contributed by atoms with Gasteiger partial charge in [-0.3, -0.25) is 4.79 Å². The van der Waals surface area contributed by atoms with E-state index in [0.717, 1.165) is 5.56 Å². The van der Waals surface area contributed by atoms with Crippen molar-refractivity contribution in [2.24, 2.45) is 0 Å². The third-order valence-electron chi connectivity index (χ3n) is 3.02. The molecule has 112 valence electrons. The van der Waals surface area contributed by atoms with Gasteiger partial charge in [-0.2, -0.15) is 0 Å². The topological polar surface area (TPSA) is 58.6 Å². The molecule has 0 radical (unpaired) electrons. The van der Waals surface area contributed by atoms with Crippen LogP contribution in [0.15, 0.2) is 54.6 Å². The van der Waals surface area contributed by atoms with Crippen molar-refractivity contribution >= 4 is 11.6 Å². The van der Waals surface area contributed by atoms with Crippen LogP contribution in [0.1, 0.15) is 18.1 Å². The highest BCUT2D eigenvalue weighted by Gasteiger charge is 2.12. The van der Waals surface area contributed by atoms with Gasteiger partial charge in [-0.1, -0.05) is 36.3 Å². The zero-order chi connectivity index (χ0) is 15.8. The van der Waals surface area contributed by atoms with Crippen molar-refractivity contribution in [1.29, 1.82) is 0 Å². The summed E-state index contributed by atoms with van der Waals surface area (Å²) < 4.78 is 5.25. The highest BCUT2D eigenvalue weighted by atomic mass is 16.5. The Kier molecular flexibility index (Phi) is 5.58. The van der Waals surface area contributed by atoms with Gasteiger partial charge >= 0.3 is 0 Å². The number of nitrogens with one attached hydrogen (secondary N) is 1. The van der Waals surface area contributed by atoms with Crippen LogP contribution < -0.4 is 10.1 Å². The minimum Gasteiger partial charge on any atom is -0.481 e. The minimum absolute atomic E-state index is 0.000637. The first-order valence-electron chi connectivity index (χ1n) is 6.88. The van der Waals surface area contributed by atoms with Gasteiger partial charge in [-0.05, 0) is 29.8 Å². The number of ether oxygens (including phenoxy) is 1. The molecule has 0 aromatic heterocycles. The van der Waals surface area contributed by atoms with Gasteiger partial charge in [0.25, 0.3) is 0 Å². The van der Waals surface area contributed by atoms with Gasteiger partial charge in [-0.15, -0.1) is 6.42 Å². The van der Waals surface area contributed by atoms with Gasteiger partial charge in [0.1, 0.15) is 12.4 Å². The van der Waals surface area contributed by atoms with E-state index < -0.39 is 6.10 Å². The molecule has 22 heavy (non-hydrogen) atoms. The summed E-state index contributed by atoms with van der Waals surface area (Å²) in [6.45, 7) is 0.203. The third-order valence-corrected chi connectivity index (χ3v) is 3.02. The number of hydrogen-bond acceptors (Lipinski definition) is 3. The standard InChI is InChI=1S/C18H17NO3/c1-2-12-22-16-10-8-15(9-11-16)19-18(21)13-17(20)14-6-4-3-5-7-14/h1,3-11,17,20H,12-13H2,(H,19,21). The summed E-state index contributed by atoms with van der Waals surface area (Å²) in [7, 11) is 0. The Hall–Kier alpha value is -2.77. The van der Waals surface area contributed by atoms with Gasteiger partial charge in [0.2, 0.25) is 5.91 Å². The lowest BCUT2D eigenvalue weighted by atomic mass is 10.1. The highest BCUT2D eigenvalue weighted by Crippen LogP contribution is 2.19. The van der Waals surface area contributed by atoms with Crippen LogP contribution >= 0.6 is 0 Å². The van der Waals surface area contributed by atoms with E-state index in [1.54, 1.807) is 36.4 Å². The number of aliphatic hydroxyl groups is 1. The molecule has 0 spiro atoms. The Labute approximate surface area is 129 Å². The van der Waals surface area contributed by atoms with Gasteiger partial charge in [0.05, 0.1) is 12.5 Å². The van der Waals surface area contributed by atoms with Gasteiger partial charge < -0.3 is 15.2 Å². The molecule has 0 bridgehead atoms. The summed E-state index contributed by atoms with van der Waals surface area (Å²) in [5, 5.41) is 12.7. The molecule has 0 heterocycles. The van der Waals surface area contributed by atoms with Crippen molar-refractivity contribution < 1.29 is 14.6 Å². The predicted octanol–water partition coefficient (Wildman–Crippen LogP) is 2.76. The van der Waals surface area contributed by atoms with E-state index in [0.29, 0.717) is 11.4 Å². The number of terminal acetylenes is 1. The van der Waals surface area contributed by atoms with Crippen LogP contribution in [0.5, 0.6) is 5.75 Å². The van der Waals surface area contributed by atoms with Gasteiger partial charge in [0.15, 0.2) is 0 Å². The number of rotatable bonds is 6. The maximum Gasteiger partial charge on any atom is 0.227 e. The molecule has 2 aromatic carbocycles. The Balaban J connectivity index is 1.88. The second kappa shape index (κ2) is 7.87. The molecule has 0 saturated carbocycles. The normalized spacial score (nSPS) is 11.3. The largest absolute Gasteiger partial charge is 0.481 e.